The number of hydrogen-bond donors (Lipinski definition) is 1. The van der Waals surface area contributed by atoms with Crippen molar-refractivity contribution in [3.05, 3.63) is 69.1 Å². The van der Waals surface area contributed by atoms with Crippen molar-refractivity contribution in [3.8, 4) is 0 Å². The summed E-state index contributed by atoms with van der Waals surface area (Å²) in [4.78, 5) is 39.0. The summed E-state index contributed by atoms with van der Waals surface area (Å²) in [7, 11) is 1.28. The van der Waals surface area contributed by atoms with Crippen molar-refractivity contribution in [2.75, 3.05) is 7.11 Å². The Balaban J connectivity index is 2.51. The van der Waals surface area contributed by atoms with E-state index >= 15 is 0 Å². The molecule has 6 nitrogen and oxygen atoms in total. The molecule has 0 saturated carbocycles. The Bertz CT molecular complexity index is 950. The highest BCUT2D eigenvalue weighted by Gasteiger charge is 2.26. The SMILES string of the molecule is CCCCc1c(CCC)cc(C(=O)N[C@@H](C(=O)OC)c2ccccc2)c(=O)n1CCCC. The molecule has 0 aliphatic carbocycles. The summed E-state index contributed by atoms with van der Waals surface area (Å²) in [5.41, 5.74) is 2.47. The minimum Gasteiger partial charge on any atom is -0.467 e. The molecule has 1 N–H and O–H groups in total. The molecule has 1 atom stereocenters. The molecule has 0 aliphatic rings. The van der Waals surface area contributed by atoms with Gasteiger partial charge in [0.1, 0.15) is 5.56 Å². The summed E-state index contributed by atoms with van der Waals surface area (Å²) in [6, 6.07) is 9.65. The van der Waals surface area contributed by atoms with Gasteiger partial charge in [-0.3, -0.25) is 9.59 Å². The van der Waals surface area contributed by atoms with Crippen LogP contribution >= 0.6 is 0 Å². The topological polar surface area (TPSA) is 77.4 Å². The fourth-order valence-electron chi connectivity index (χ4n) is 3.85. The van der Waals surface area contributed by atoms with Crippen LogP contribution in [-0.4, -0.2) is 23.6 Å². The second-order valence-corrected chi connectivity index (χ2v) is 8.03. The molecule has 174 valence electrons. The van der Waals surface area contributed by atoms with Crippen molar-refractivity contribution in [3.63, 3.8) is 0 Å². The zero-order chi connectivity index (χ0) is 23.5. The Hall–Kier alpha value is -2.89. The molecule has 0 saturated heterocycles. The number of benzene rings is 1. The van der Waals surface area contributed by atoms with E-state index in [-0.39, 0.29) is 11.1 Å². The average molecular weight is 441 g/mol. The van der Waals surface area contributed by atoms with Crippen LogP contribution in [-0.2, 0) is 28.9 Å². The highest BCUT2D eigenvalue weighted by molar-refractivity contribution is 5.97. The van der Waals surface area contributed by atoms with E-state index in [9.17, 15) is 14.4 Å². The average Bonchev–Trinajstić information content (AvgIpc) is 2.81. The number of pyridine rings is 1. The lowest BCUT2D eigenvalue weighted by Gasteiger charge is -2.20. The third-order valence-electron chi connectivity index (χ3n) is 5.60. The third kappa shape index (κ3) is 6.31. The van der Waals surface area contributed by atoms with Crippen molar-refractivity contribution in [2.45, 2.75) is 78.3 Å². The molecule has 1 aromatic heterocycles. The lowest BCUT2D eigenvalue weighted by atomic mass is 10.00. The molecule has 0 unspecified atom stereocenters. The fraction of sp³-hybridized carbons (Fsp3) is 0.500. The van der Waals surface area contributed by atoms with Crippen LogP contribution in [0.2, 0.25) is 0 Å². The summed E-state index contributed by atoms with van der Waals surface area (Å²) in [6.45, 7) is 6.90. The number of amides is 1. The predicted octanol–water partition coefficient (Wildman–Crippen LogP) is 4.59. The number of rotatable bonds is 12. The number of nitrogens with one attached hydrogen (secondary N) is 1. The van der Waals surface area contributed by atoms with Crippen molar-refractivity contribution in [2.24, 2.45) is 0 Å². The zero-order valence-corrected chi connectivity index (χ0v) is 19.8. The number of aryl methyl sites for hydroxylation is 1. The highest BCUT2D eigenvalue weighted by atomic mass is 16.5. The molecule has 1 aromatic carbocycles. The first-order chi connectivity index (χ1) is 15.5. The van der Waals surface area contributed by atoms with Gasteiger partial charge in [0.15, 0.2) is 6.04 Å². The van der Waals surface area contributed by atoms with Gasteiger partial charge >= 0.3 is 5.97 Å². The van der Waals surface area contributed by atoms with E-state index in [2.05, 4.69) is 26.1 Å². The van der Waals surface area contributed by atoms with E-state index in [0.717, 1.165) is 56.2 Å². The lowest BCUT2D eigenvalue weighted by molar-refractivity contribution is -0.143. The fourth-order valence-corrected chi connectivity index (χ4v) is 3.85. The van der Waals surface area contributed by atoms with Crippen LogP contribution in [0.1, 0.15) is 86.1 Å². The standard InChI is InChI=1S/C26H36N2O4/c1-5-8-16-22-20(13-7-3)18-21(25(30)28(22)17-9-6-2)24(29)27-23(26(31)32-4)19-14-11-10-12-15-19/h10-12,14-15,18,23H,5-9,13,16-17H2,1-4H3,(H,27,29)/t23-/m1/s1. The van der Waals surface area contributed by atoms with E-state index in [1.165, 1.54) is 7.11 Å². The first kappa shape index (κ1) is 25.4. The predicted molar refractivity (Wildman–Crippen MR) is 127 cm³/mol. The smallest absolute Gasteiger partial charge is 0.333 e. The van der Waals surface area contributed by atoms with Crippen LogP contribution in [0.5, 0.6) is 0 Å². The van der Waals surface area contributed by atoms with Gasteiger partial charge in [-0.2, -0.15) is 0 Å². The molecular formula is C26H36N2O4. The molecule has 1 amide bonds. The Morgan fingerprint density at radius 1 is 1.00 bits per heavy atom. The summed E-state index contributed by atoms with van der Waals surface area (Å²) in [6.07, 6.45) is 6.38. The summed E-state index contributed by atoms with van der Waals surface area (Å²) < 4.78 is 6.69. The second-order valence-electron chi connectivity index (χ2n) is 8.03. The van der Waals surface area contributed by atoms with Crippen LogP contribution < -0.4 is 10.9 Å². The number of esters is 1. The maximum atomic E-state index is 13.4. The molecule has 32 heavy (non-hydrogen) atoms. The van der Waals surface area contributed by atoms with E-state index < -0.39 is 17.9 Å². The summed E-state index contributed by atoms with van der Waals surface area (Å²) >= 11 is 0. The second kappa shape index (κ2) is 12.8. The van der Waals surface area contributed by atoms with Gasteiger partial charge in [-0.15, -0.1) is 0 Å². The van der Waals surface area contributed by atoms with Gasteiger partial charge in [0.25, 0.3) is 11.5 Å². The molecule has 2 rings (SSSR count). The van der Waals surface area contributed by atoms with Crippen LogP contribution in [0.3, 0.4) is 0 Å². The van der Waals surface area contributed by atoms with E-state index in [0.29, 0.717) is 12.1 Å². The highest BCUT2D eigenvalue weighted by Crippen LogP contribution is 2.18. The summed E-state index contributed by atoms with van der Waals surface area (Å²) in [5, 5.41) is 2.73. The minimum absolute atomic E-state index is 0.0784. The van der Waals surface area contributed by atoms with E-state index in [1.807, 2.05) is 6.07 Å². The number of methoxy groups -OCH3 is 1. The Morgan fingerprint density at radius 2 is 1.69 bits per heavy atom. The first-order valence-corrected chi connectivity index (χ1v) is 11.7. The quantitative estimate of drug-likeness (QED) is 0.490. The molecule has 2 aromatic rings. The van der Waals surface area contributed by atoms with Crippen LogP contribution in [0.4, 0.5) is 0 Å². The number of hydrogen-bond acceptors (Lipinski definition) is 4. The monoisotopic (exact) mass is 440 g/mol. The normalized spacial score (nSPS) is 11.8. The van der Waals surface area contributed by atoms with Gasteiger partial charge in [0, 0.05) is 12.2 Å². The van der Waals surface area contributed by atoms with Crippen molar-refractivity contribution in [1.29, 1.82) is 0 Å². The van der Waals surface area contributed by atoms with E-state index in [1.54, 1.807) is 34.9 Å². The number of unbranched alkanes of at least 4 members (excludes halogenated alkanes) is 2. The lowest BCUT2D eigenvalue weighted by Crippen LogP contribution is -2.39. The van der Waals surface area contributed by atoms with Crippen LogP contribution in [0, 0.1) is 0 Å². The van der Waals surface area contributed by atoms with Gasteiger partial charge in [0.2, 0.25) is 0 Å². The Labute approximate surface area is 191 Å². The molecule has 0 bridgehead atoms. The first-order valence-electron chi connectivity index (χ1n) is 11.7. The maximum Gasteiger partial charge on any atom is 0.333 e. The maximum absolute atomic E-state index is 13.4. The number of carbonyl (C=O) groups is 2. The van der Waals surface area contributed by atoms with Gasteiger partial charge in [-0.05, 0) is 42.9 Å². The van der Waals surface area contributed by atoms with Gasteiger partial charge in [0.05, 0.1) is 7.11 Å². The van der Waals surface area contributed by atoms with Crippen molar-refractivity contribution in [1.82, 2.24) is 9.88 Å². The molecule has 0 fully saturated rings. The van der Waals surface area contributed by atoms with Crippen LogP contribution in [0.25, 0.3) is 0 Å². The zero-order valence-electron chi connectivity index (χ0n) is 19.8. The number of ether oxygens (including phenoxy) is 1. The Kier molecular flexibility index (Phi) is 10.2. The van der Waals surface area contributed by atoms with Crippen LogP contribution in [0.15, 0.2) is 41.2 Å². The molecular weight excluding hydrogens is 404 g/mol. The largest absolute Gasteiger partial charge is 0.467 e. The number of carbonyl (C=O) groups excluding carboxylic acids is 2. The summed E-state index contributed by atoms with van der Waals surface area (Å²) in [5.74, 6) is -1.14. The Morgan fingerprint density at radius 3 is 2.28 bits per heavy atom. The molecule has 0 aliphatic heterocycles. The van der Waals surface area contributed by atoms with Crippen molar-refractivity contribution >= 4 is 11.9 Å². The molecule has 0 radical (unpaired) electrons. The number of aromatic nitrogens is 1. The third-order valence-corrected chi connectivity index (χ3v) is 5.60. The minimum atomic E-state index is -0.980. The van der Waals surface area contributed by atoms with Gasteiger partial charge in [-0.25, -0.2) is 4.79 Å². The van der Waals surface area contributed by atoms with Gasteiger partial charge < -0.3 is 14.6 Å². The van der Waals surface area contributed by atoms with Crippen molar-refractivity contribution < 1.29 is 14.3 Å². The molecule has 0 spiro atoms. The molecule has 6 heteroatoms. The van der Waals surface area contributed by atoms with Gasteiger partial charge in [-0.1, -0.05) is 70.4 Å². The van der Waals surface area contributed by atoms with E-state index in [4.69, 9.17) is 4.74 Å². The molecule has 1 heterocycles. The number of nitrogens with zero attached hydrogens (tertiary/aromatic N) is 1.